The molecule has 0 bridgehead atoms. The van der Waals surface area contributed by atoms with Gasteiger partial charge < -0.3 is 15.6 Å². The fourth-order valence-electron chi connectivity index (χ4n) is 1.62. The minimum absolute atomic E-state index is 0.0958. The predicted octanol–water partition coefficient (Wildman–Crippen LogP) is 2.44. The molecule has 0 amide bonds. The van der Waals surface area contributed by atoms with Crippen LogP contribution in [0.3, 0.4) is 0 Å². The highest BCUT2D eigenvalue weighted by Crippen LogP contribution is 2.35. The molecule has 0 spiro atoms. The Morgan fingerprint density at radius 1 is 1.05 bits per heavy atom. The van der Waals surface area contributed by atoms with Gasteiger partial charge in [-0.3, -0.25) is 0 Å². The Balaban J connectivity index is 2.54. The number of hydrogen-bond acceptors (Lipinski definition) is 3. The molecule has 8 heteroatoms. The Morgan fingerprint density at radius 3 is 2.10 bits per heavy atom. The van der Waals surface area contributed by atoms with E-state index in [2.05, 4.69) is 4.74 Å². The number of nitrogens with two attached hydrogens (primary N) is 1. The molecular formula is C13H16F5NO2. The highest BCUT2D eigenvalue weighted by atomic mass is 19.4. The molecule has 1 unspecified atom stereocenters. The molecular weight excluding hydrogens is 297 g/mol. The van der Waals surface area contributed by atoms with Crippen molar-refractivity contribution in [1.29, 1.82) is 0 Å². The van der Waals surface area contributed by atoms with Crippen LogP contribution in [0.25, 0.3) is 0 Å². The fourth-order valence-corrected chi connectivity index (χ4v) is 1.62. The molecule has 0 aliphatic carbocycles. The van der Waals surface area contributed by atoms with Crippen LogP contribution >= 0.6 is 0 Å². The summed E-state index contributed by atoms with van der Waals surface area (Å²) in [6.07, 6.45) is -5.75. The number of hydrogen-bond donors (Lipinski definition) is 2. The van der Waals surface area contributed by atoms with Gasteiger partial charge in [-0.25, -0.2) is 0 Å². The Hall–Kier alpha value is -1.25. The first-order chi connectivity index (χ1) is 9.62. The lowest BCUT2D eigenvalue weighted by Gasteiger charge is -2.28. The van der Waals surface area contributed by atoms with Gasteiger partial charge in [-0.15, -0.1) is 0 Å². The van der Waals surface area contributed by atoms with E-state index in [4.69, 9.17) is 5.73 Å². The van der Waals surface area contributed by atoms with Gasteiger partial charge in [0.25, 0.3) is 0 Å². The molecule has 3 N–H and O–H groups in total. The standard InChI is InChI=1S/C13H16F5NO2/c14-12(15,13(16,17)18)9-21-7-6-11(19,8-20)10-4-2-1-3-5-10/h1-5,20H,6-9,19H2. The minimum atomic E-state index is -5.65. The second-order valence-corrected chi connectivity index (χ2v) is 4.69. The van der Waals surface area contributed by atoms with Gasteiger partial charge in [0, 0.05) is 6.61 Å². The molecule has 1 aromatic carbocycles. The van der Waals surface area contributed by atoms with E-state index in [1.54, 1.807) is 30.3 Å². The number of aliphatic hydroxyl groups excluding tert-OH is 1. The smallest absolute Gasteiger partial charge is 0.394 e. The zero-order chi connectivity index (χ0) is 16.1. The Labute approximate surface area is 118 Å². The molecule has 21 heavy (non-hydrogen) atoms. The zero-order valence-electron chi connectivity index (χ0n) is 11.0. The summed E-state index contributed by atoms with van der Waals surface area (Å²) in [4.78, 5) is 0. The summed E-state index contributed by atoms with van der Waals surface area (Å²) < 4.78 is 65.4. The maximum Gasteiger partial charge on any atom is 0.455 e. The van der Waals surface area contributed by atoms with E-state index in [1.807, 2.05) is 0 Å². The second kappa shape index (κ2) is 6.67. The first-order valence-electron chi connectivity index (χ1n) is 6.10. The number of ether oxygens (including phenoxy) is 1. The lowest BCUT2D eigenvalue weighted by atomic mass is 9.89. The van der Waals surface area contributed by atoms with Gasteiger partial charge >= 0.3 is 12.1 Å². The van der Waals surface area contributed by atoms with Crippen LogP contribution in [0.2, 0.25) is 0 Å². The predicted molar refractivity (Wildman–Crippen MR) is 65.8 cm³/mol. The monoisotopic (exact) mass is 313 g/mol. The minimum Gasteiger partial charge on any atom is -0.394 e. The van der Waals surface area contributed by atoms with Gasteiger partial charge in [-0.05, 0) is 12.0 Å². The maximum absolute atomic E-state index is 12.6. The van der Waals surface area contributed by atoms with Crippen molar-refractivity contribution < 1.29 is 31.8 Å². The van der Waals surface area contributed by atoms with Crippen molar-refractivity contribution in [2.45, 2.75) is 24.1 Å². The van der Waals surface area contributed by atoms with Gasteiger partial charge in [-0.1, -0.05) is 30.3 Å². The van der Waals surface area contributed by atoms with Crippen molar-refractivity contribution >= 4 is 0 Å². The van der Waals surface area contributed by atoms with E-state index in [0.717, 1.165) is 0 Å². The summed E-state index contributed by atoms with van der Waals surface area (Å²) in [5.41, 5.74) is 5.20. The highest BCUT2D eigenvalue weighted by molar-refractivity contribution is 5.23. The first-order valence-corrected chi connectivity index (χ1v) is 6.10. The molecule has 1 atom stereocenters. The van der Waals surface area contributed by atoms with E-state index in [9.17, 15) is 27.1 Å². The molecule has 0 saturated carbocycles. The molecule has 0 radical (unpaired) electrons. The summed E-state index contributed by atoms with van der Waals surface area (Å²) in [5.74, 6) is -4.91. The van der Waals surface area contributed by atoms with E-state index in [0.29, 0.717) is 5.56 Å². The van der Waals surface area contributed by atoms with E-state index < -0.39 is 37.5 Å². The topological polar surface area (TPSA) is 55.5 Å². The summed E-state index contributed by atoms with van der Waals surface area (Å²) in [6.45, 7) is -2.69. The molecule has 120 valence electrons. The van der Waals surface area contributed by atoms with Gasteiger partial charge in [-0.2, -0.15) is 22.0 Å². The molecule has 1 aromatic rings. The normalized spacial score (nSPS) is 15.8. The van der Waals surface area contributed by atoms with E-state index >= 15 is 0 Å². The molecule has 0 aliphatic rings. The molecule has 0 fully saturated rings. The van der Waals surface area contributed by atoms with Crippen LogP contribution in [0.4, 0.5) is 22.0 Å². The summed E-state index contributed by atoms with van der Waals surface area (Å²) in [6, 6.07) is 8.32. The Morgan fingerprint density at radius 2 is 1.62 bits per heavy atom. The number of alkyl halides is 5. The van der Waals surface area contributed by atoms with Crippen molar-refractivity contribution in [2.75, 3.05) is 19.8 Å². The summed E-state index contributed by atoms with van der Waals surface area (Å²) in [5, 5.41) is 9.32. The van der Waals surface area contributed by atoms with E-state index in [-0.39, 0.29) is 6.42 Å². The van der Waals surface area contributed by atoms with Crippen LogP contribution in [0.5, 0.6) is 0 Å². The van der Waals surface area contributed by atoms with Crippen molar-refractivity contribution in [3.63, 3.8) is 0 Å². The average Bonchev–Trinajstić information content (AvgIpc) is 2.43. The van der Waals surface area contributed by atoms with Crippen LogP contribution in [0.1, 0.15) is 12.0 Å². The molecule has 0 aromatic heterocycles. The molecule has 0 saturated heterocycles. The lowest BCUT2D eigenvalue weighted by Crippen LogP contribution is -2.43. The largest absolute Gasteiger partial charge is 0.455 e. The summed E-state index contributed by atoms with van der Waals surface area (Å²) in [7, 11) is 0. The molecule has 0 heterocycles. The third-order valence-electron chi connectivity index (χ3n) is 3.02. The number of benzene rings is 1. The second-order valence-electron chi connectivity index (χ2n) is 4.69. The fraction of sp³-hybridized carbons (Fsp3) is 0.538. The van der Waals surface area contributed by atoms with Crippen LogP contribution in [0, 0.1) is 0 Å². The highest BCUT2D eigenvalue weighted by Gasteiger charge is 2.57. The first kappa shape index (κ1) is 17.8. The number of rotatable bonds is 7. The van der Waals surface area contributed by atoms with Gasteiger partial charge in [0.1, 0.15) is 6.61 Å². The van der Waals surface area contributed by atoms with Crippen LogP contribution in [0.15, 0.2) is 30.3 Å². The Bertz CT molecular complexity index is 438. The summed E-state index contributed by atoms with van der Waals surface area (Å²) >= 11 is 0. The van der Waals surface area contributed by atoms with Crippen molar-refractivity contribution in [2.24, 2.45) is 5.73 Å². The number of aliphatic hydroxyl groups is 1. The zero-order valence-corrected chi connectivity index (χ0v) is 11.0. The molecule has 0 aliphatic heterocycles. The third-order valence-corrected chi connectivity index (χ3v) is 3.02. The Kier molecular flexibility index (Phi) is 5.66. The third kappa shape index (κ3) is 4.62. The maximum atomic E-state index is 12.6. The SMILES string of the molecule is NC(CO)(CCOCC(F)(F)C(F)(F)F)c1ccccc1. The van der Waals surface area contributed by atoms with Crippen LogP contribution < -0.4 is 5.73 Å². The van der Waals surface area contributed by atoms with Gasteiger partial charge in [0.05, 0.1) is 12.1 Å². The van der Waals surface area contributed by atoms with Crippen molar-refractivity contribution in [3.05, 3.63) is 35.9 Å². The van der Waals surface area contributed by atoms with Gasteiger partial charge in [0.2, 0.25) is 0 Å². The number of halogens is 5. The van der Waals surface area contributed by atoms with Gasteiger partial charge in [0.15, 0.2) is 0 Å². The quantitative estimate of drug-likeness (QED) is 0.600. The lowest BCUT2D eigenvalue weighted by molar-refractivity contribution is -0.296. The average molecular weight is 313 g/mol. The van der Waals surface area contributed by atoms with Crippen molar-refractivity contribution in [1.82, 2.24) is 0 Å². The van der Waals surface area contributed by atoms with Crippen LogP contribution in [-0.4, -0.2) is 37.0 Å². The van der Waals surface area contributed by atoms with Crippen LogP contribution in [-0.2, 0) is 10.3 Å². The van der Waals surface area contributed by atoms with E-state index in [1.165, 1.54) is 0 Å². The molecule has 1 rings (SSSR count). The van der Waals surface area contributed by atoms with Crippen molar-refractivity contribution in [3.8, 4) is 0 Å². The molecule has 3 nitrogen and oxygen atoms in total.